The van der Waals surface area contributed by atoms with Crippen molar-refractivity contribution in [3.8, 4) is 0 Å². The van der Waals surface area contributed by atoms with Crippen molar-refractivity contribution in [2.24, 2.45) is 9.98 Å². The van der Waals surface area contributed by atoms with E-state index in [1.54, 1.807) is 0 Å². The summed E-state index contributed by atoms with van der Waals surface area (Å²) in [7, 11) is 0. The molecule has 108 valence electrons. The molecule has 0 N–H and O–H groups in total. The predicted octanol–water partition coefficient (Wildman–Crippen LogP) is 3.42. The van der Waals surface area contributed by atoms with Gasteiger partial charge in [0.1, 0.15) is 0 Å². The number of nitrogens with zero attached hydrogens (tertiary/aromatic N) is 2. The number of rotatable bonds is 1. The zero-order valence-electron chi connectivity index (χ0n) is 10.9. The highest BCUT2D eigenvalue weighted by atomic mass is 19.4. The van der Waals surface area contributed by atoms with Crippen molar-refractivity contribution >= 4 is 17.3 Å². The van der Waals surface area contributed by atoms with Crippen molar-refractivity contribution < 1.29 is 18.0 Å². The fourth-order valence-electron chi connectivity index (χ4n) is 2.19. The van der Waals surface area contributed by atoms with Crippen LogP contribution in [0.25, 0.3) is 0 Å². The van der Waals surface area contributed by atoms with Crippen LogP contribution in [-0.2, 0) is 4.79 Å². The van der Waals surface area contributed by atoms with E-state index in [0.29, 0.717) is 12.8 Å². The molecule has 0 unspecified atom stereocenters. The predicted molar refractivity (Wildman–Crippen MR) is 71.1 cm³/mol. The molecule has 3 nitrogen and oxygen atoms in total. The lowest BCUT2D eigenvalue weighted by atomic mass is 9.96. The van der Waals surface area contributed by atoms with E-state index in [1.807, 2.05) is 0 Å². The van der Waals surface area contributed by atoms with Crippen LogP contribution >= 0.6 is 0 Å². The average molecular weight is 284 g/mol. The van der Waals surface area contributed by atoms with Gasteiger partial charge in [0, 0.05) is 0 Å². The maximum Gasteiger partial charge on any atom is 0.451 e. The van der Waals surface area contributed by atoms with E-state index >= 15 is 0 Å². The lowest BCUT2D eigenvalue weighted by molar-refractivity contribution is -0.110. The van der Waals surface area contributed by atoms with Gasteiger partial charge in [-0.05, 0) is 37.1 Å². The van der Waals surface area contributed by atoms with Gasteiger partial charge in [0.15, 0.2) is 5.78 Å². The minimum atomic E-state index is -4.58. The summed E-state index contributed by atoms with van der Waals surface area (Å²) in [6.07, 6.45) is 4.55. The Bertz CT molecular complexity index is 477. The molecular weight excluding hydrogens is 269 g/mol. The topological polar surface area (TPSA) is 41.8 Å². The van der Waals surface area contributed by atoms with Crippen LogP contribution in [0.2, 0.25) is 0 Å². The molecule has 0 bridgehead atoms. The Morgan fingerprint density at radius 3 is 2.20 bits per heavy atom. The average Bonchev–Trinajstić information content (AvgIpc) is 2.40. The number of alkyl halides is 3. The van der Waals surface area contributed by atoms with Crippen LogP contribution in [0.1, 0.15) is 32.1 Å². The molecule has 0 heterocycles. The van der Waals surface area contributed by atoms with Crippen LogP contribution in [-0.4, -0.2) is 29.5 Å². The molecule has 1 saturated carbocycles. The van der Waals surface area contributed by atoms with E-state index in [9.17, 15) is 18.0 Å². The van der Waals surface area contributed by atoms with Crippen LogP contribution in [0.15, 0.2) is 34.3 Å². The standard InChI is InChI=1S/C14H15F3N2O/c15-14(16,17)13(18-10-4-2-1-3-5-10)19-11-6-8-12(20)9-7-11/h6-10H,1-5H2. The molecule has 0 spiro atoms. The fraction of sp³-hybridized carbons (Fsp3) is 0.500. The van der Waals surface area contributed by atoms with Crippen LogP contribution in [0, 0.1) is 0 Å². The number of allylic oxidation sites excluding steroid dienone is 4. The molecule has 20 heavy (non-hydrogen) atoms. The molecule has 2 aliphatic carbocycles. The van der Waals surface area contributed by atoms with Gasteiger partial charge in [-0.2, -0.15) is 13.2 Å². The first-order chi connectivity index (χ1) is 9.45. The van der Waals surface area contributed by atoms with E-state index in [2.05, 4.69) is 9.98 Å². The lowest BCUT2D eigenvalue weighted by Crippen LogP contribution is -2.25. The van der Waals surface area contributed by atoms with Crippen molar-refractivity contribution in [3.63, 3.8) is 0 Å². The van der Waals surface area contributed by atoms with Gasteiger partial charge in [0.25, 0.3) is 0 Å². The SMILES string of the molecule is O=C1C=CC(=NC(=NC2CCCCC2)C(F)(F)F)C=C1. The number of halogens is 3. The third kappa shape index (κ3) is 4.15. The third-order valence-electron chi connectivity index (χ3n) is 3.20. The monoisotopic (exact) mass is 284 g/mol. The van der Waals surface area contributed by atoms with E-state index in [-0.39, 0.29) is 17.5 Å². The second-order valence-electron chi connectivity index (χ2n) is 4.85. The Morgan fingerprint density at radius 2 is 1.65 bits per heavy atom. The van der Waals surface area contributed by atoms with Gasteiger partial charge in [0.05, 0.1) is 11.8 Å². The highest BCUT2D eigenvalue weighted by molar-refractivity contribution is 6.19. The summed E-state index contributed by atoms with van der Waals surface area (Å²) in [5.74, 6) is -1.37. The number of aliphatic imine (C=N–C) groups is 2. The number of carbonyl (C=O) groups is 1. The molecule has 0 aromatic heterocycles. The van der Waals surface area contributed by atoms with Gasteiger partial charge in [-0.1, -0.05) is 19.3 Å². The zero-order chi connectivity index (χ0) is 14.6. The van der Waals surface area contributed by atoms with Crippen LogP contribution in [0.3, 0.4) is 0 Å². The number of hydrogen-bond acceptors (Lipinski definition) is 2. The van der Waals surface area contributed by atoms with Crippen LogP contribution in [0.5, 0.6) is 0 Å². The maximum absolute atomic E-state index is 13.0. The summed E-state index contributed by atoms with van der Waals surface area (Å²) in [5.41, 5.74) is 0.0940. The van der Waals surface area contributed by atoms with E-state index in [1.165, 1.54) is 24.3 Å². The molecule has 0 aromatic carbocycles. The van der Waals surface area contributed by atoms with Gasteiger partial charge in [-0.25, -0.2) is 4.99 Å². The molecule has 0 amide bonds. The lowest BCUT2D eigenvalue weighted by Gasteiger charge is -2.19. The van der Waals surface area contributed by atoms with E-state index in [0.717, 1.165) is 19.3 Å². The quantitative estimate of drug-likeness (QED) is 0.413. The number of ketones is 1. The summed E-state index contributed by atoms with van der Waals surface area (Å²) in [6.45, 7) is 0. The second-order valence-corrected chi connectivity index (χ2v) is 4.85. The summed E-state index contributed by atoms with van der Waals surface area (Å²) in [6, 6.07) is -0.303. The van der Waals surface area contributed by atoms with Crippen molar-refractivity contribution in [2.75, 3.05) is 0 Å². The number of carbonyl (C=O) groups excluding carboxylic acids is 1. The molecular formula is C14H15F3N2O. The first-order valence-corrected chi connectivity index (χ1v) is 6.59. The Hall–Kier alpha value is -1.72. The summed E-state index contributed by atoms with van der Waals surface area (Å²) >= 11 is 0. The normalized spacial score (nSPS) is 21.4. The molecule has 0 atom stereocenters. The van der Waals surface area contributed by atoms with Gasteiger partial charge in [-0.15, -0.1) is 0 Å². The number of hydrogen-bond donors (Lipinski definition) is 0. The zero-order valence-corrected chi connectivity index (χ0v) is 10.9. The maximum atomic E-state index is 13.0. The van der Waals surface area contributed by atoms with Crippen molar-refractivity contribution in [2.45, 2.75) is 44.3 Å². The minimum absolute atomic E-state index is 0.0940. The summed E-state index contributed by atoms with van der Waals surface area (Å²) in [5, 5.41) is 0. The van der Waals surface area contributed by atoms with E-state index in [4.69, 9.17) is 0 Å². The molecule has 2 rings (SSSR count). The first kappa shape index (κ1) is 14.7. The van der Waals surface area contributed by atoms with Crippen molar-refractivity contribution in [1.82, 2.24) is 0 Å². The Morgan fingerprint density at radius 1 is 1.05 bits per heavy atom. The Balaban J connectivity index is 2.22. The Kier molecular flexibility index (Phi) is 4.52. The van der Waals surface area contributed by atoms with Gasteiger partial charge in [0.2, 0.25) is 5.84 Å². The van der Waals surface area contributed by atoms with E-state index < -0.39 is 12.0 Å². The summed E-state index contributed by atoms with van der Waals surface area (Å²) in [4.78, 5) is 18.2. The second kappa shape index (κ2) is 6.15. The van der Waals surface area contributed by atoms with Crippen LogP contribution < -0.4 is 0 Å². The highest BCUT2D eigenvalue weighted by Gasteiger charge is 2.37. The minimum Gasteiger partial charge on any atom is -0.290 e. The Labute approximate surface area is 115 Å². The molecule has 2 aliphatic rings. The molecule has 0 aromatic rings. The first-order valence-electron chi connectivity index (χ1n) is 6.59. The van der Waals surface area contributed by atoms with Crippen LogP contribution in [0.4, 0.5) is 13.2 Å². The van der Waals surface area contributed by atoms with Crippen molar-refractivity contribution in [3.05, 3.63) is 24.3 Å². The molecule has 0 aliphatic heterocycles. The molecule has 0 radical (unpaired) electrons. The van der Waals surface area contributed by atoms with Gasteiger partial charge >= 0.3 is 6.18 Å². The molecule has 6 heteroatoms. The highest BCUT2D eigenvalue weighted by Crippen LogP contribution is 2.25. The fourth-order valence-corrected chi connectivity index (χ4v) is 2.19. The van der Waals surface area contributed by atoms with Crippen molar-refractivity contribution in [1.29, 1.82) is 0 Å². The number of amidine groups is 1. The van der Waals surface area contributed by atoms with Gasteiger partial charge < -0.3 is 0 Å². The smallest absolute Gasteiger partial charge is 0.290 e. The summed E-state index contributed by atoms with van der Waals surface area (Å²) < 4.78 is 38.9. The largest absolute Gasteiger partial charge is 0.451 e. The van der Waals surface area contributed by atoms with Gasteiger partial charge in [-0.3, -0.25) is 9.79 Å². The molecule has 0 saturated heterocycles. The molecule has 1 fully saturated rings. The third-order valence-corrected chi connectivity index (χ3v) is 3.20.